The van der Waals surface area contributed by atoms with Gasteiger partial charge in [0.05, 0.1) is 24.0 Å². The zero-order valence-electron chi connectivity index (χ0n) is 13.7. The average molecular weight is 586 g/mol. The van der Waals surface area contributed by atoms with Crippen LogP contribution in [0.1, 0.15) is 39.1 Å². The fraction of sp³-hybridized carbons (Fsp3) is 0.250. The maximum atomic E-state index is 12.1. The molecule has 0 aliphatic heterocycles. The van der Waals surface area contributed by atoms with E-state index < -0.39 is 17.8 Å². The standard InChI is InChI=1S/C16H16I2N2O6/c1-3-8(21)19-6-4-5-9(22)20-14-12(17)10(15(23)24)7(2)11(13(14)18)16(25)26/h3H,1,4-6H2,2H3,(H,19,21)(H,20,22)(H,23,24)(H,25,26). The molecule has 140 valence electrons. The van der Waals surface area contributed by atoms with Gasteiger partial charge < -0.3 is 20.8 Å². The van der Waals surface area contributed by atoms with Crippen molar-refractivity contribution in [3.8, 4) is 0 Å². The number of amides is 2. The number of rotatable bonds is 8. The molecule has 0 atom stereocenters. The van der Waals surface area contributed by atoms with Crippen LogP contribution in [0.2, 0.25) is 0 Å². The molecule has 0 saturated carbocycles. The normalized spacial score (nSPS) is 10.1. The van der Waals surface area contributed by atoms with E-state index in [1.54, 1.807) is 45.2 Å². The SMILES string of the molecule is C=CC(=O)NCCCC(=O)Nc1c(I)c(C(=O)O)c(C)c(C(=O)O)c1I. The number of anilines is 1. The monoisotopic (exact) mass is 586 g/mol. The summed E-state index contributed by atoms with van der Waals surface area (Å²) in [5, 5.41) is 23.9. The summed E-state index contributed by atoms with van der Waals surface area (Å²) in [5.74, 6) is -3.29. The number of aromatic carboxylic acids is 2. The molecule has 0 aliphatic rings. The molecule has 0 radical (unpaired) electrons. The van der Waals surface area contributed by atoms with Crippen LogP contribution in [0.3, 0.4) is 0 Å². The van der Waals surface area contributed by atoms with Crippen molar-refractivity contribution in [2.45, 2.75) is 19.8 Å². The van der Waals surface area contributed by atoms with Crippen molar-refractivity contribution in [2.24, 2.45) is 0 Å². The first-order chi connectivity index (χ1) is 12.1. The highest BCUT2D eigenvalue weighted by Gasteiger charge is 2.27. The first-order valence-electron chi connectivity index (χ1n) is 7.30. The van der Waals surface area contributed by atoms with Gasteiger partial charge >= 0.3 is 11.9 Å². The molecule has 1 aromatic carbocycles. The Hall–Kier alpha value is -1.70. The second-order valence-corrected chi connectivity index (χ2v) is 7.29. The maximum absolute atomic E-state index is 12.1. The number of benzene rings is 1. The summed E-state index contributed by atoms with van der Waals surface area (Å²) < 4.78 is 0.519. The van der Waals surface area contributed by atoms with E-state index in [9.17, 15) is 29.4 Å². The Bertz CT molecular complexity index is 750. The van der Waals surface area contributed by atoms with E-state index in [1.165, 1.54) is 6.92 Å². The number of hydrogen-bond donors (Lipinski definition) is 4. The number of carbonyl (C=O) groups is 4. The molecule has 8 nitrogen and oxygen atoms in total. The molecule has 0 aliphatic carbocycles. The number of nitrogens with one attached hydrogen (secondary N) is 2. The van der Waals surface area contributed by atoms with Crippen LogP contribution >= 0.6 is 45.2 Å². The van der Waals surface area contributed by atoms with Gasteiger partial charge in [-0.2, -0.15) is 0 Å². The van der Waals surface area contributed by atoms with Gasteiger partial charge in [-0.15, -0.1) is 0 Å². The van der Waals surface area contributed by atoms with Gasteiger partial charge in [-0.25, -0.2) is 9.59 Å². The van der Waals surface area contributed by atoms with Gasteiger partial charge in [0.2, 0.25) is 11.8 Å². The lowest BCUT2D eigenvalue weighted by atomic mass is 10.0. The van der Waals surface area contributed by atoms with Crippen LogP contribution < -0.4 is 10.6 Å². The smallest absolute Gasteiger partial charge is 0.337 e. The molecule has 4 N–H and O–H groups in total. The van der Waals surface area contributed by atoms with Gasteiger partial charge in [0.15, 0.2) is 0 Å². The predicted octanol–water partition coefficient (Wildman–Crippen LogP) is 2.62. The number of carbonyl (C=O) groups excluding carboxylic acids is 2. The first kappa shape index (κ1) is 22.3. The van der Waals surface area contributed by atoms with Crippen LogP contribution in [-0.4, -0.2) is 40.5 Å². The van der Waals surface area contributed by atoms with Crippen molar-refractivity contribution in [1.29, 1.82) is 0 Å². The lowest BCUT2D eigenvalue weighted by Crippen LogP contribution is -2.24. The predicted molar refractivity (Wildman–Crippen MR) is 112 cm³/mol. The average Bonchev–Trinajstić information content (AvgIpc) is 2.54. The van der Waals surface area contributed by atoms with Gasteiger partial charge in [-0.3, -0.25) is 9.59 Å². The topological polar surface area (TPSA) is 133 Å². The summed E-state index contributed by atoms with van der Waals surface area (Å²) in [7, 11) is 0. The van der Waals surface area contributed by atoms with Crippen LogP contribution in [0.25, 0.3) is 0 Å². The molecule has 0 heterocycles. The molecule has 0 unspecified atom stereocenters. The molecule has 1 aromatic rings. The Morgan fingerprint density at radius 2 is 1.58 bits per heavy atom. The third-order valence-electron chi connectivity index (χ3n) is 3.39. The van der Waals surface area contributed by atoms with E-state index in [4.69, 9.17) is 0 Å². The molecule has 26 heavy (non-hydrogen) atoms. The van der Waals surface area contributed by atoms with E-state index in [-0.39, 0.29) is 48.4 Å². The Balaban J connectivity index is 3.07. The second-order valence-electron chi connectivity index (χ2n) is 5.14. The highest BCUT2D eigenvalue weighted by molar-refractivity contribution is 14.1. The number of carboxylic acid groups (broad SMARTS) is 2. The lowest BCUT2D eigenvalue weighted by Gasteiger charge is -2.17. The molecule has 0 fully saturated rings. The second kappa shape index (κ2) is 9.85. The third-order valence-corrected chi connectivity index (χ3v) is 5.54. The summed E-state index contributed by atoms with van der Waals surface area (Å²) in [5.41, 5.74) is -0.0235. The molecule has 0 saturated heterocycles. The number of halogens is 2. The van der Waals surface area contributed by atoms with Crippen LogP contribution in [0.15, 0.2) is 12.7 Å². The minimum absolute atomic E-state index is 0.0717. The van der Waals surface area contributed by atoms with Crippen LogP contribution in [0.5, 0.6) is 0 Å². The fourth-order valence-corrected chi connectivity index (χ4v) is 4.75. The Kier molecular flexibility index (Phi) is 8.46. The molecule has 2 amide bonds. The number of hydrogen-bond acceptors (Lipinski definition) is 4. The van der Waals surface area contributed by atoms with Gasteiger partial charge in [-0.05, 0) is 70.2 Å². The molecule has 1 rings (SSSR count). The quantitative estimate of drug-likeness (QED) is 0.211. The summed E-state index contributed by atoms with van der Waals surface area (Å²) in [6.07, 6.45) is 1.56. The molecule has 0 spiro atoms. The number of carboxylic acids is 2. The zero-order chi connectivity index (χ0) is 20.0. The van der Waals surface area contributed by atoms with Crippen molar-refractivity contribution < 1.29 is 29.4 Å². The van der Waals surface area contributed by atoms with Crippen molar-refractivity contribution >= 4 is 74.6 Å². The third kappa shape index (κ3) is 5.40. The van der Waals surface area contributed by atoms with Crippen molar-refractivity contribution in [1.82, 2.24) is 5.32 Å². The van der Waals surface area contributed by atoms with Gasteiger partial charge in [0, 0.05) is 13.0 Å². The summed E-state index contributed by atoms with van der Waals surface area (Å²) >= 11 is 3.56. The molecule has 10 heteroatoms. The summed E-state index contributed by atoms with van der Waals surface area (Å²) in [6, 6.07) is 0. The maximum Gasteiger partial charge on any atom is 0.337 e. The Labute approximate surface area is 176 Å². The van der Waals surface area contributed by atoms with E-state index in [1.807, 2.05) is 0 Å². The fourth-order valence-electron chi connectivity index (χ4n) is 2.15. The minimum Gasteiger partial charge on any atom is -0.478 e. The Morgan fingerprint density at radius 3 is 2.00 bits per heavy atom. The molecule has 0 bridgehead atoms. The van der Waals surface area contributed by atoms with Gasteiger partial charge in [0.1, 0.15) is 0 Å². The first-order valence-corrected chi connectivity index (χ1v) is 9.45. The van der Waals surface area contributed by atoms with Crippen LogP contribution in [0, 0.1) is 14.1 Å². The van der Waals surface area contributed by atoms with Crippen LogP contribution in [-0.2, 0) is 9.59 Å². The van der Waals surface area contributed by atoms with E-state index in [0.717, 1.165) is 6.08 Å². The largest absolute Gasteiger partial charge is 0.478 e. The molecule has 0 aromatic heterocycles. The highest BCUT2D eigenvalue weighted by atomic mass is 127. The van der Waals surface area contributed by atoms with E-state index in [2.05, 4.69) is 17.2 Å². The van der Waals surface area contributed by atoms with Gasteiger partial charge in [-0.1, -0.05) is 6.58 Å². The summed E-state index contributed by atoms with van der Waals surface area (Å²) in [4.78, 5) is 46.2. The van der Waals surface area contributed by atoms with E-state index >= 15 is 0 Å². The molecular formula is C16H16I2N2O6. The Morgan fingerprint density at radius 1 is 1.08 bits per heavy atom. The van der Waals surface area contributed by atoms with Crippen LogP contribution in [0.4, 0.5) is 5.69 Å². The zero-order valence-corrected chi connectivity index (χ0v) is 18.0. The van der Waals surface area contributed by atoms with Gasteiger partial charge in [0.25, 0.3) is 0 Å². The van der Waals surface area contributed by atoms with Crippen molar-refractivity contribution in [3.63, 3.8) is 0 Å². The minimum atomic E-state index is -1.27. The summed E-state index contributed by atoms with van der Waals surface area (Å²) in [6.45, 7) is 5.01. The van der Waals surface area contributed by atoms with Crippen molar-refractivity contribution in [2.75, 3.05) is 11.9 Å². The lowest BCUT2D eigenvalue weighted by molar-refractivity contribution is -0.118. The highest BCUT2D eigenvalue weighted by Crippen LogP contribution is 2.34. The molecular weight excluding hydrogens is 570 g/mol. The van der Waals surface area contributed by atoms with E-state index in [0.29, 0.717) is 6.42 Å². The van der Waals surface area contributed by atoms with Crippen molar-refractivity contribution in [3.05, 3.63) is 36.5 Å².